The van der Waals surface area contributed by atoms with Crippen LogP contribution < -0.4 is 11.1 Å². The van der Waals surface area contributed by atoms with Crippen LogP contribution in [0.25, 0.3) is 0 Å². The molecule has 0 spiro atoms. The smallest absolute Gasteiger partial charge is 0.217 e. The Kier molecular flexibility index (Phi) is 10.00. The lowest BCUT2D eigenvalue weighted by atomic mass is 9.95. The molecule has 1 saturated heterocycles. The molecule has 0 radical (unpaired) electrons. The van der Waals surface area contributed by atoms with Crippen molar-refractivity contribution >= 4 is 35.8 Å². The number of halogens is 2. The molecule has 6 nitrogen and oxygen atoms in total. The number of nitrogens with two attached hydrogens (primary N) is 1. The van der Waals surface area contributed by atoms with E-state index in [1.807, 2.05) is 26.2 Å². The predicted molar refractivity (Wildman–Crippen MR) is 118 cm³/mol. The number of hydrogen-bond donors (Lipinski definition) is 2. The normalized spacial score (nSPS) is 18.8. The number of hydrogen-bond acceptors (Lipinski definition) is 3. The first kappa shape index (κ1) is 23.6. The summed E-state index contributed by atoms with van der Waals surface area (Å²) >= 11 is 0. The second-order valence-electron chi connectivity index (χ2n) is 7.08. The number of guanidine groups is 1. The van der Waals surface area contributed by atoms with E-state index in [2.05, 4.69) is 20.1 Å². The van der Waals surface area contributed by atoms with Crippen LogP contribution in [-0.4, -0.2) is 62.4 Å². The van der Waals surface area contributed by atoms with E-state index in [0.717, 1.165) is 37.5 Å². The molecule has 27 heavy (non-hydrogen) atoms. The lowest BCUT2D eigenvalue weighted by Gasteiger charge is -2.35. The van der Waals surface area contributed by atoms with Gasteiger partial charge < -0.3 is 20.9 Å². The zero-order chi connectivity index (χ0) is 19.1. The molecular weight excluding hydrogens is 460 g/mol. The lowest BCUT2D eigenvalue weighted by molar-refractivity contribution is -0.119. The highest BCUT2D eigenvalue weighted by Crippen LogP contribution is 2.21. The Morgan fingerprint density at radius 3 is 2.63 bits per heavy atom. The first-order valence-corrected chi connectivity index (χ1v) is 9.06. The fourth-order valence-corrected chi connectivity index (χ4v) is 3.51. The van der Waals surface area contributed by atoms with Gasteiger partial charge in [0, 0.05) is 33.1 Å². The van der Waals surface area contributed by atoms with Crippen LogP contribution in [0.1, 0.15) is 30.9 Å². The number of aliphatic imine (C=N–C) groups is 1. The molecule has 1 fully saturated rings. The summed E-state index contributed by atoms with van der Waals surface area (Å²) in [7, 11) is 5.77. The highest BCUT2D eigenvalue weighted by molar-refractivity contribution is 14.0. The Hall–Kier alpha value is -1.42. The van der Waals surface area contributed by atoms with Gasteiger partial charge >= 0.3 is 0 Å². The van der Waals surface area contributed by atoms with E-state index in [-0.39, 0.29) is 47.7 Å². The van der Waals surface area contributed by atoms with Gasteiger partial charge in [0.1, 0.15) is 5.82 Å². The van der Waals surface area contributed by atoms with Gasteiger partial charge in [0.2, 0.25) is 5.91 Å². The van der Waals surface area contributed by atoms with Crippen molar-refractivity contribution in [3.8, 4) is 0 Å². The van der Waals surface area contributed by atoms with Crippen LogP contribution in [0.2, 0.25) is 0 Å². The number of primary amides is 1. The maximum Gasteiger partial charge on any atom is 0.217 e. The van der Waals surface area contributed by atoms with E-state index in [4.69, 9.17) is 5.73 Å². The molecule has 0 saturated carbocycles. The Bertz CT molecular complexity index is 623. The van der Waals surface area contributed by atoms with Gasteiger partial charge in [0.25, 0.3) is 0 Å². The molecular formula is C19H31FIN5O. The van der Waals surface area contributed by atoms with Gasteiger partial charge in [-0.05, 0) is 50.6 Å². The summed E-state index contributed by atoms with van der Waals surface area (Å²) in [5.41, 5.74) is 6.39. The minimum absolute atomic E-state index is 0. The van der Waals surface area contributed by atoms with Gasteiger partial charge in [0.15, 0.2) is 5.96 Å². The summed E-state index contributed by atoms with van der Waals surface area (Å²) < 4.78 is 13.2. The highest BCUT2D eigenvalue weighted by Gasteiger charge is 2.24. The Balaban J connectivity index is 0.00000364. The van der Waals surface area contributed by atoms with Crippen LogP contribution in [0, 0.1) is 11.7 Å². The van der Waals surface area contributed by atoms with Crippen molar-refractivity contribution in [2.45, 2.75) is 25.3 Å². The third-order valence-corrected chi connectivity index (χ3v) is 4.85. The molecule has 1 amide bonds. The van der Waals surface area contributed by atoms with Gasteiger partial charge in [-0.2, -0.15) is 0 Å². The monoisotopic (exact) mass is 491 g/mol. The van der Waals surface area contributed by atoms with Crippen molar-refractivity contribution < 1.29 is 9.18 Å². The number of carbonyl (C=O) groups is 1. The minimum Gasteiger partial charge on any atom is -0.370 e. The van der Waals surface area contributed by atoms with Crippen molar-refractivity contribution in [3.63, 3.8) is 0 Å². The van der Waals surface area contributed by atoms with E-state index < -0.39 is 0 Å². The molecule has 3 N–H and O–H groups in total. The summed E-state index contributed by atoms with van der Waals surface area (Å²) in [4.78, 5) is 19.9. The molecule has 0 aliphatic carbocycles. The van der Waals surface area contributed by atoms with Crippen molar-refractivity contribution in [1.82, 2.24) is 15.1 Å². The number of piperidine rings is 1. The molecule has 0 aromatic heterocycles. The Labute approximate surface area is 178 Å². The van der Waals surface area contributed by atoms with Gasteiger partial charge in [-0.25, -0.2) is 4.39 Å². The molecule has 8 heteroatoms. The summed E-state index contributed by atoms with van der Waals surface area (Å²) in [6.45, 7) is 2.35. The number of benzene rings is 1. The predicted octanol–water partition coefficient (Wildman–Crippen LogP) is 2.21. The molecule has 1 heterocycles. The number of nitrogens with zero attached hydrogens (tertiary/aromatic N) is 3. The van der Waals surface area contributed by atoms with Crippen LogP contribution in [0.3, 0.4) is 0 Å². The molecule has 1 aromatic rings. The largest absolute Gasteiger partial charge is 0.370 e. The van der Waals surface area contributed by atoms with Crippen LogP contribution in [0.5, 0.6) is 0 Å². The standard InChI is InChI=1S/C19H30FN5O.HI/c1-22-19(25-10-4-5-14(13-25)11-18(21)26)23-12-17(24(2)3)15-6-8-16(20)9-7-15;/h6-9,14,17H,4-5,10-13H2,1-3H3,(H2,21,26)(H,22,23);1H. The number of amides is 1. The zero-order valence-electron chi connectivity index (χ0n) is 16.3. The lowest BCUT2D eigenvalue weighted by Crippen LogP contribution is -2.48. The highest BCUT2D eigenvalue weighted by atomic mass is 127. The fourth-order valence-electron chi connectivity index (χ4n) is 3.51. The van der Waals surface area contributed by atoms with E-state index in [1.165, 1.54) is 12.1 Å². The molecule has 0 bridgehead atoms. The average molecular weight is 491 g/mol. The molecule has 1 aliphatic heterocycles. The topological polar surface area (TPSA) is 74.0 Å². The quantitative estimate of drug-likeness (QED) is 0.364. The van der Waals surface area contributed by atoms with Crippen molar-refractivity contribution in [2.75, 3.05) is 40.8 Å². The zero-order valence-corrected chi connectivity index (χ0v) is 18.7. The first-order chi connectivity index (χ1) is 12.4. The number of rotatable bonds is 6. The summed E-state index contributed by atoms with van der Waals surface area (Å²) in [6.07, 6.45) is 2.46. The van der Waals surface area contributed by atoms with Crippen molar-refractivity contribution in [2.24, 2.45) is 16.6 Å². The fraction of sp³-hybridized carbons (Fsp3) is 0.579. The van der Waals surface area contributed by atoms with E-state index >= 15 is 0 Å². The molecule has 2 unspecified atom stereocenters. The second-order valence-corrected chi connectivity index (χ2v) is 7.08. The van der Waals surface area contributed by atoms with Crippen LogP contribution in [-0.2, 0) is 4.79 Å². The van der Waals surface area contributed by atoms with Gasteiger partial charge in [-0.15, -0.1) is 24.0 Å². The maximum absolute atomic E-state index is 13.2. The van der Waals surface area contributed by atoms with Gasteiger partial charge in [-0.1, -0.05) is 12.1 Å². The first-order valence-electron chi connectivity index (χ1n) is 9.06. The summed E-state index contributed by atoms with van der Waals surface area (Å²) in [6, 6.07) is 6.69. The Morgan fingerprint density at radius 2 is 2.07 bits per heavy atom. The summed E-state index contributed by atoms with van der Waals surface area (Å²) in [5.74, 6) is 0.627. The molecule has 2 rings (SSSR count). The molecule has 152 valence electrons. The molecule has 1 aliphatic rings. The van der Waals surface area contributed by atoms with E-state index in [9.17, 15) is 9.18 Å². The third kappa shape index (κ3) is 7.25. The number of nitrogens with one attached hydrogen (secondary N) is 1. The molecule has 1 aromatic carbocycles. The second kappa shape index (κ2) is 11.4. The third-order valence-electron chi connectivity index (χ3n) is 4.85. The number of carbonyl (C=O) groups excluding carboxylic acids is 1. The van der Waals surface area contributed by atoms with Gasteiger partial charge in [0.05, 0.1) is 6.04 Å². The van der Waals surface area contributed by atoms with E-state index in [1.54, 1.807) is 7.05 Å². The van der Waals surface area contributed by atoms with E-state index in [0.29, 0.717) is 13.0 Å². The van der Waals surface area contributed by atoms with Crippen LogP contribution in [0.15, 0.2) is 29.3 Å². The maximum atomic E-state index is 13.2. The molecule has 2 atom stereocenters. The van der Waals surface area contributed by atoms with Crippen molar-refractivity contribution in [1.29, 1.82) is 0 Å². The minimum atomic E-state index is -0.247. The van der Waals surface area contributed by atoms with Crippen LogP contribution in [0.4, 0.5) is 4.39 Å². The SMILES string of the molecule is CN=C(NCC(c1ccc(F)cc1)N(C)C)N1CCCC(CC(N)=O)C1.I. The van der Waals surface area contributed by atoms with Crippen LogP contribution >= 0.6 is 24.0 Å². The Morgan fingerprint density at radius 1 is 1.41 bits per heavy atom. The number of likely N-dealkylation sites (N-methyl/N-ethyl adjacent to an activating group) is 1. The summed E-state index contributed by atoms with van der Waals surface area (Å²) in [5, 5.41) is 3.43. The van der Waals surface area contributed by atoms with Gasteiger partial charge in [-0.3, -0.25) is 9.79 Å². The average Bonchev–Trinajstić information content (AvgIpc) is 2.59. The number of likely N-dealkylation sites (tertiary alicyclic amines) is 1. The van der Waals surface area contributed by atoms with Crippen molar-refractivity contribution in [3.05, 3.63) is 35.6 Å².